The van der Waals surface area contributed by atoms with Crippen LogP contribution in [0.1, 0.15) is 29.6 Å². The maximum Gasteiger partial charge on any atom is 0.255 e. The average molecular weight is 241 g/mol. The molecule has 1 radical (unpaired) electrons. The number of fused-ring (bicyclic) bond motifs is 1. The maximum absolute atomic E-state index is 12.3. The Morgan fingerprint density at radius 1 is 1.22 bits per heavy atom. The van der Waals surface area contributed by atoms with Crippen LogP contribution in [0.5, 0.6) is 0 Å². The van der Waals surface area contributed by atoms with Crippen LogP contribution in [0.4, 0.5) is 5.69 Å². The molecule has 4 heteroatoms. The molecule has 1 aliphatic heterocycles. The second-order valence-corrected chi connectivity index (χ2v) is 4.61. The standard InChI is InChI=1S/C14H18BN2O/c1-17-10-6-2-5-9-15-11-16-13-8-4-3-7-12(13)14(17)18/h3-4,7-8,11H,2,5-6,9-10H2,1H3. The molecule has 0 fully saturated rings. The molecule has 0 saturated heterocycles. The Kier molecular flexibility index (Phi) is 4.56. The molecule has 1 heterocycles. The van der Waals surface area contributed by atoms with Crippen LogP contribution < -0.4 is 0 Å². The van der Waals surface area contributed by atoms with Gasteiger partial charge in [0.2, 0.25) is 0 Å². The highest BCUT2D eigenvalue weighted by Crippen LogP contribution is 2.20. The minimum atomic E-state index is 0.0586. The van der Waals surface area contributed by atoms with Crippen molar-refractivity contribution < 1.29 is 4.79 Å². The molecule has 1 aliphatic rings. The van der Waals surface area contributed by atoms with E-state index in [0.717, 1.165) is 37.8 Å². The van der Waals surface area contributed by atoms with Gasteiger partial charge in [-0.25, -0.2) is 0 Å². The van der Waals surface area contributed by atoms with Crippen molar-refractivity contribution in [3.63, 3.8) is 0 Å². The SMILES string of the molecule is CN1CCCCC[B]C=Nc2ccccc2C1=O. The van der Waals surface area contributed by atoms with E-state index in [0.29, 0.717) is 5.56 Å². The lowest BCUT2D eigenvalue weighted by Crippen LogP contribution is -2.27. The molecule has 2 rings (SSSR count). The Hall–Kier alpha value is -1.58. The van der Waals surface area contributed by atoms with Gasteiger partial charge < -0.3 is 4.90 Å². The van der Waals surface area contributed by atoms with Crippen LogP contribution in [0.15, 0.2) is 29.3 Å². The minimum Gasteiger partial charge on any atom is -0.342 e. The average Bonchev–Trinajstić information content (AvgIpc) is 2.40. The summed E-state index contributed by atoms with van der Waals surface area (Å²) in [6.45, 7) is 0.816. The number of benzene rings is 1. The Morgan fingerprint density at radius 3 is 2.94 bits per heavy atom. The van der Waals surface area contributed by atoms with Gasteiger partial charge >= 0.3 is 0 Å². The van der Waals surface area contributed by atoms with E-state index in [2.05, 4.69) is 12.3 Å². The lowest BCUT2D eigenvalue weighted by Gasteiger charge is -2.18. The molecule has 1 amide bonds. The van der Waals surface area contributed by atoms with Crippen molar-refractivity contribution in [3.8, 4) is 0 Å². The van der Waals surface area contributed by atoms with Gasteiger partial charge in [0.1, 0.15) is 0 Å². The van der Waals surface area contributed by atoms with E-state index in [1.807, 2.05) is 37.4 Å². The van der Waals surface area contributed by atoms with Crippen molar-refractivity contribution in [1.82, 2.24) is 4.90 Å². The fraction of sp³-hybridized carbons (Fsp3) is 0.429. The van der Waals surface area contributed by atoms with E-state index in [9.17, 15) is 4.79 Å². The number of hydrogen-bond donors (Lipinski definition) is 0. The van der Waals surface area contributed by atoms with Crippen molar-refractivity contribution in [2.45, 2.75) is 25.6 Å². The predicted molar refractivity (Wildman–Crippen MR) is 76.0 cm³/mol. The molecule has 0 atom stereocenters. The highest BCUT2D eigenvalue weighted by molar-refractivity contribution is 6.68. The molecule has 0 bridgehead atoms. The Morgan fingerprint density at radius 2 is 2.06 bits per heavy atom. The second-order valence-electron chi connectivity index (χ2n) is 4.61. The number of amides is 1. The summed E-state index contributed by atoms with van der Waals surface area (Å²) in [6.07, 6.45) is 6.26. The summed E-state index contributed by atoms with van der Waals surface area (Å²) in [5.74, 6) is 0.0586. The normalized spacial score (nSPS) is 17.4. The topological polar surface area (TPSA) is 32.7 Å². The van der Waals surface area contributed by atoms with E-state index in [1.165, 1.54) is 0 Å². The summed E-state index contributed by atoms with van der Waals surface area (Å²) in [5, 5.41) is 0. The predicted octanol–water partition coefficient (Wildman–Crippen LogP) is 2.72. The molecule has 0 spiro atoms. The maximum atomic E-state index is 12.3. The third-order valence-corrected chi connectivity index (χ3v) is 3.16. The molecule has 0 unspecified atom stereocenters. The second kappa shape index (κ2) is 6.38. The van der Waals surface area contributed by atoms with E-state index >= 15 is 0 Å². The van der Waals surface area contributed by atoms with Gasteiger partial charge in [-0.3, -0.25) is 9.79 Å². The molecule has 18 heavy (non-hydrogen) atoms. The number of hydrogen-bond acceptors (Lipinski definition) is 2. The largest absolute Gasteiger partial charge is 0.342 e. The van der Waals surface area contributed by atoms with Crippen LogP contribution in [0.2, 0.25) is 6.32 Å². The molecule has 93 valence electrons. The van der Waals surface area contributed by atoms with Crippen LogP contribution in [0, 0.1) is 0 Å². The van der Waals surface area contributed by atoms with Crippen LogP contribution in [-0.2, 0) is 0 Å². The first-order chi connectivity index (χ1) is 8.79. The summed E-state index contributed by atoms with van der Waals surface area (Å²) in [6, 6.07) is 7.53. The number of carbonyl (C=O) groups excluding carboxylic acids is 1. The quantitative estimate of drug-likeness (QED) is 0.643. The zero-order valence-corrected chi connectivity index (χ0v) is 10.8. The Balaban J connectivity index is 2.28. The molecule has 1 aromatic carbocycles. The lowest BCUT2D eigenvalue weighted by atomic mass is 9.74. The first-order valence-corrected chi connectivity index (χ1v) is 6.49. The molecule has 0 aromatic heterocycles. The van der Waals surface area contributed by atoms with Crippen molar-refractivity contribution in [1.29, 1.82) is 0 Å². The van der Waals surface area contributed by atoms with Gasteiger partial charge in [0.15, 0.2) is 7.28 Å². The molecule has 0 aliphatic carbocycles. The summed E-state index contributed by atoms with van der Waals surface area (Å²) in [7, 11) is 3.94. The van der Waals surface area contributed by atoms with Gasteiger partial charge in [0.25, 0.3) is 5.91 Å². The molecule has 0 N–H and O–H groups in total. The number of para-hydroxylation sites is 1. The van der Waals surface area contributed by atoms with Crippen LogP contribution in [-0.4, -0.2) is 37.8 Å². The van der Waals surface area contributed by atoms with Crippen molar-refractivity contribution >= 4 is 25.0 Å². The van der Waals surface area contributed by atoms with Crippen molar-refractivity contribution in [2.24, 2.45) is 4.99 Å². The van der Waals surface area contributed by atoms with Gasteiger partial charge in [0.05, 0.1) is 11.3 Å². The first kappa shape index (κ1) is 12.9. The highest BCUT2D eigenvalue weighted by Gasteiger charge is 2.14. The molecule has 3 nitrogen and oxygen atoms in total. The zero-order valence-electron chi connectivity index (χ0n) is 10.8. The fourth-order valence-electron chi connectivity index (χ4n) is 2.07. The number of nitrogens with zero attached hydrogens (tertiary/aromatic N) is 2. The van der Waals surface area contributed by atoms with Gasteiger partial charge in [-0.15, -0.1) is 0 Å². The number of rotatable bonds is 0. The summed E-state index contributed by atoms with van der Waals surface area (Å²) >= 11 is 0. The van der Waals surface area contributed by atoms with Crippen LogP contribution in [0.3, 0.4) is 0 Å². The van der Waals surface area contributed by atoms with Gasteiger partial charge in [-0.05, 0) is 24.7 Å². The van der Waals surface area contributed by atoms with E-state index in [4.69, 9.17) is 0 Å². The Labute approximate surface area is 109 Å². The van der Waals surface area contributed by atoms with Crippen molar-refractivity contribution in [2.75, 3.05) is 13.6 Å². The third kappa shape index (κ3) is 3.22. The molecular formula is C14H18BN2O. The monoisotopic (exact) mass is 241 g/mol. The minimum absolute atomic E-state index is 0.0586. The smallest absolute Gasteiger partial charge is 0.255 e. The molecular weight excluding hydrogens is 223 g/mol. The van der Waals surface area contributed by atoms with E-state index in [1.54, 1.807) is 4.90 Å². The Bertz CT molecular complexity index is 445. The number of aliphatic imine (C=N–C) groups is 1. The van der Waals surface area contributed by atoms with Crippen molar-refractivity contribution in [3.05, 3.63) is 29.8 Å². The van der Waals surface area contributed by atoms with E-state index < -0.39 is 0 Å². The fourth-order valence-corrected chi connectivity index (χ4v) is 2.07. The zero-order chi connectivity index (χ0) is 12.8. The highest BCUT2D eigenvalue weighted by atomic mass is 16.2. The molecule has 1 aromatic rings. The molecule has 0 saturated carbocycles. The van der Waals surface area contributed by atoms with Gasteiger partial charge in [0, 0.05) is 13.6 Å². The lowest BCUT2D eigenvalue weighted by molar-refractivity contribution is 0.0793. The van der Waals surface area contributed by atoms with Gasteiger partial charge in [-0.2, -0.15) is 0 Å². The first-order valence-electron chi connectivity index (χ1n) is 6.49. The summed E-state index contributed by atoms with van der Waals surface area (Å²) < 4.78 is 0. The van der Waals surface area contributed by atoms with Crippen LogP contribution >= 0.6 is 0 Å². The van der Waals surface area contributed by atoms with E-state index in [-0.39, 0.29) is 5.91 Å². The van der Waals surface area contributed by atoms with Gasteiger partial charge in [-0.1, -0.05) is 31.3 Å². The summed E-state index contributed by atoms with van der Waals surface area (Å²) in [5.41, 5.74) is 1.44. The van der Waals surface area contributed by atoms with Crippen LogP contribution in [0.25, 0.3) is 0 Å². The number of carbonyl (C=O) groups is 1. The summed E-state index contributed by atoms with van der Waals surface area (Å²) in [4.78, 5) is 18.5. The third-order valence-electron chi connectivity index (χ3n) is 3.16.